The highest BCUT2D eigenvalue weighted by Gasteiger charge is 2.22. The van der Waals surface area contributed by atoms with Gasteiger partial charge in [0.15, 0.2) is 5.78 Å². The molecule has 0 bridgehead atoms. The molecule has 1 heterocycles. The number of rotatable bonds is 5. The molecule has 0 spiro atoms. The van der Waals surface area contributed by atoms with Crippen molar-refractivity contribution in [2.75, 3.05) is 14.1 Å². The molecule has 0 atom stereocenters. The van der Waals surface area contributed by atoms with Crippen LogP contribution in [0.4, 0.5) is 0 Å². The molecule has 29 heavy (non-hydrogen) atoms. The number of carbonyl (C=O) groups is 2. The van der Waals surface area contributed by atoms with Crippen molar-refractivity contribution in [1.29, 1.82) is 0 Å². The molecule has 0 unspecified atom stereocenters. The van der Waals surface area contributed by atoms with Gasteiger partial charge in [-0.2, -0.15) is 0 Å². The van der Waals surface area contributed by atoms with E-state index in [-0.39, 0.29) is 30.3 Å². The number of nitrogens with one attached hydrogen (secondary N) is 1. The molecule has 0 aliphatic heterocycles. The number of imidazole rings is 1. The van der Waals surface area contributed by atoms with E-state index in [9.17, 15) is 14.7 Å². The minimum absolute atomic E-state index is 0.0207. The van der Waals surface area contributed by atoms with Crippen molar-refractivity contribution < 1.29 is 14.7 Å². The summed E-state index contributed by atoms with van der Waals surface area (Å²) in [6.45, 7) is 3.73. The molecule has 2 aromatic carbocycles. The van der Waals surface area contributed by atoms with Gasteiger partial charge < -0.3 is 20.7 Å². The van der Waals surface area contributed by atoms with Crippen LogP contribution in [0.25, 0.3) is 11.0 Å². The molecule has 3 rings (SSSR count). The summed E-state index contributed by atoms with van der Waals surface area (Å²) < 4.78 is 1.82. The molecule has 0 saturated carbocycles. The largest absolute Gasteiger partial charge is 0.505 e. The molecule has 7 heteroatoms. The zero-order valence-electron chi connectivity index (χ0n) is 17.5. The fourth-order valence-electron chi connectivity index (χ4n) is 3.31. The highest BCUT2D eigenvalue weighted by molar-refractivity contribution is 6.02. The Labute approximate surface area is 170 Å². The number of phenols is 1. The number of nitrogens with zero attached hydrogens (tertiary/aromatic N) is 2. The van der Waals surface area contributed by atoms with Crippen molar-refractivity contribution in [1.82, 2.24) is 14.9 Å². The summed E-state index contributed by atoms with van der Waals surface area (Å²) in [5, 5.41) is 13.4. The van der Waals surface area contributed by atoms with E-state index in [4.69, 9.17) is 0 Å². The molecule has 0 aliphatic carbocycles. The topological polar surface area (TPSA) is 110 Å². The Balaban J connectivity index is 0.00000145. The van der Waals surface area contributed by atoms with Gasteiger partial charge >= 0.3 is 0 Å². The van der Waals surface area contributed by atoms with Gasteiger partial charge in [-0.3, -0.25) is 9.59 Å². The highest BCUT2D eigenvalue weighted by atomic mass is 16.3. The Bertz CT molecular complexity index is 1050. The van der Waals surface area contributed by atoms with Gasteiger partial charge in [0.2, 0.25) is 0 Å². The van der Waals surface area contributed by atoms with E-state index in [1.165, 1.54) is 7.05 Å². The minimum Gasteiger partial charge on any atom is -0.505 e. The number of aromatic nitrogens is 2. The SMILES string of the molecule is CN.CNC(=O)c1cc2c(nc(C)n2C)c(O)c1CCC(=O)c1ccccc1C. The summed E-state index contributed by atoms with van der Waals surface area (Å²) >= 11 is 0. The number of aromatic hydroxyl groups is 1. The molecule has 7 nitrogen and oxygen atoms in total. The number of fused-ring (bicyclic) bond motifs is 1. The molecule has 3 aromatic rings. The smallest absolute Gasteiger partial charge is 0.251 e. The predicted octanol–water partition coefficient (Wildman–Crippen LogP) is 2.65. The number of amides is 1. The number of nitrogens with two attached hydrogens (primary N) is 1. The molecule has 0 saturated heterocycles. The summed E-state index contributed by atoms with van der Waals surface area (Å²) in [5.41, 5.74) is 8.01. The van der Waals surface area contributed by atoms with E-state index in [1.807, 2.05) is 43.7 Å². The second-order valence-corrected chi connectivity index (χ2v) is 6.65. The summed E-state index contributed by atoms with van der Waals surface area (Å²) in [4.78, 5) is 29.4. The first-order valence-corrected chi connectivity index (χ1v) is 9.41. The molecule has 1 aromatic heterocycles. The first-order valence-electron chi connectivity index (χ1n) is 9.41. The Hall–Kier alpha value is -3.19. The molecular formula is C22H28N4O3. The van der Waals surface area contributed by atoms with Gasteiger partial charge in [0.25, 0.3) is 5.91 Å². The monoisotopic (exact) mass is 396 g/mol. The standard InChI is InChI=1S/C21H23N3O3.CH5N/c1-12-7-5-6-8-14(12)18(25)10-9-15-16(21(27)22-3)11-17-19(20(15)26)23-13(2)24(17)4;1-2/h5-8,11,26H,9-10H2,1-4H3,(H,22,27);2H2,1H3. The van der Waals surface area contributed by atoms with Crippen molar-refractivity contribution in [3.63, 3.8) is 0 Å². The number of hydrogen-bond acceptors (Lipinski definition) is 5. The van der Waals surface area contributed by atoms with Gasteiger partial charge in [0.05, 0.1) is 5.52 Å². The van der Waals surface area contributed by atoms with Crippen LogP contribution in [0.2, 0.25) is 0 Å². The molecule has 0 radical (unpaired) electrons. The average molecular weight is 396 g/mol. The summed E-state index contributed by atoms with van der Waals surface area (Å²) in [6, 6.07) is 9.13. The quantitative estimate of drug-likeness (QED) is 0.574. The average Bonchev–Trinajstić information content (AvgIpc) is 3.02. The molecule has 0 aliphatic rings. The van der Waals surface area contributed by atoms with Crippen LogP contribution in [-0.2, 0) is 13.5 Å². The number of hydrogen-bond donors (Lipinski definition) is 3. The van der Waals surface area contributed by atoms with Gasteiger partial charge in [-0.25, -0.2) is 4.98 Å². The lowest BCUT2D eigenvalue weighted by molar-refractivity contribution is 0.0954. The van der Waals surface area contributed by atoms with E-state index in [2.05, 4.69) is 16.0 Å². The lowest BCUT2D eigenvalue weighted by atomic mass is 9.95. The van der Waals surface area contributed by atoms with E-state index in [0.717, 1.165) is 11.4 Å². The van der Waals surface area contributed by atoms with Crippen molar-refractivity contribution in [2.24, 2.45) is 12.8 Å². The third-order valence-corrected chi connectivity index (χ3v) is 5.00. The van der Waals surface area contributed by atoms with Crippen molar-refractivity contribution in [2.45, 2.75) is 26.7 Å². The van der Waals surface area contributed by atoms with Crippen LogP contribution in [0.1, 0.15) is 44.1 Å². The van der Waals surface area contributed by atoms with Crippen molar-refractivity contribution in [3.05, 3.63) is 58.4 Å². The normalized spacial score (nSPS) is 10.4. The first-order chi connectivity index (χ1) is 13.8. The third-order valence-electron chi connectivity index (χ3n) is 5.00. The Morgan fingerprint density at radius 3 is 2.45 bits per heavy atom. The second-order valence-electron chi connectivity index (χ2n) is 6.65. The number of ketones is 1. The van der Waals surface area contributed by atoms with E-state index in [1.54, 1.807) is 19.2 Å². The number of carbonyl (C=O) groups excluding carboxylic acids is 2. The maximum absolute atomic E-state index is 12.6. The Morgan fingerprint density at radius 2 is 1.83 bits per heavy atom. The van der Waals surface area contributed by atoms with Gasteiger partial charge in [0.1, 0.15) is 17.1 Å². The molecular weight excluding hydrogens is 368 g/mol. The van der Waals surface area contributed by atoms with Crippen molar-refractivity contribution in [3.8, 4) is 5.75 Å². The highest BCUT2D eigenvalue weighted by Crippen LogP contribution is 2.33. The lowest BCUT2D eigenvalue weighted by Crippen LogP contribution is -2.20. The summed E-state index contributed by atoms with van der Waals surface area (Å²) in [5.74, 6) is 0.376. The van der Waals surface area contributed by atoms with Crippen LogP contribution >= 0.6 is 0 Å². The maximum atomic E-state index is 12.6. The van der Waals surface area contributed by atoms with Crippen LogP contribution in [0.3, 0.4) is 0 Å². The zero-order chi connectivity index (χ0) is 21.7. The van der Waals surface area contributed by atoms with E-state index in [0.29, 0.717) is 27.7 Å². The molecule has 154 valence electrons. The minimum atomic E-state index is -0.301. The first kappa shape index (κ1) is 22.1. The van der Waals surface area contributed by atoms with Gasteiger partial charge in [-0.05, 0) is 38.9 Å². The van der Waals surface area contributed by atoms with Gasteiger partial charge in [0, 0.05) is 37.2 Å². The molecule has 1 amide bonds. The van der Waals surface area contributed by atoms with Gasteiger partial charge in [-0.1, -0.05) is 24.3 Å². The van der Waals surface area contributed by atoms with Crippen LogP contribution < -0.4 is 11.1 Å². The van der Waals surface area contributed by atoms with E-state index < -0.39 is 0 Å². The fraction of sp³-hybridized carbons (Fsp3) is 0.318. The third kappa shape index (κ3) is 4.30. The van der Waals surface area contributed by atoms with Crippen LogP contribution in [-0.4, -0.2) is 40.4 Å². The van der Waals surface area contributed by atoms with Crippen LogP contribution in [0, 0.1) is 13.8 Å². The number of phenolic OH excluding ortho intramolecular Hbond substituents is 1. The van der Waals surface area contributed by atoms with Crippen LogP contribution in [0.15, 0.2) is 30.3 Å². The Kier molecular flexibility index (Phi) is 7.12. The maximum Gasteiger partial charge on any atom is 0.251 e. The number of Topliss-reactive ketones (excluding diaryl/α,β-unsaturated/α-hetero) is 1. The number of benzene rings is 2. The zero-order valence-corrected chi connectivity index (χ0v) is 17.5. The second kappa shape index (κ2) is 9.34. The lowest BCUT2D eigenvalue weighted by Gasteiger charge is -2.12. The Morgan fingerprint density at radius 1 is 1.17 bits per heavy atom. The van der Waals surface area contributed by atoms with Crippen LogP contribution in [0.5, 0.6) is 5.75 Å². The predicted molar refractivity (Wildman–Crippen MR) is 114 cm³/mol. The summed E-state index contributed by atoms with van der Waals surface area (Å²) in [7, 11) is 4.87. The van der Waals surface area contributed by atoms with Crippen molar-refractivity contribution >= 4 is 22.7 Å². The fourth-order valence-corrected chi connectivity index (χ4v) is 3.31. The summed E-state index contributed by atoms with van der Waals surface area (Å²) in [6.07, 6.45) is 0.451. The van der Waals surface area contributed by atoms with E-state index >= 15 is 0 Å². The molecule has 4 N–H and O–H groups in total. The molecule has 0 fully saturated rings. The van der Waals surface area contributed by atoms with Gasteiger partial charge in [-0.15, -0.1) is 0 Å². The number of aryl methyl sites for hydroxylation is 3.